The lowest BCUT2D eigenvalue weighted by Gasteiger charge is -2.23. The minimum Gasteiger partial charge on any atom is -0.497 e. The summed E-state index contributed by atoms with van der Waals surface area (Å²) < 4.78 is 48.6. The van der Waals surface area contributed by atoms with E-state index in [4.69, 9.17) is 18.9 Å². The lowest BCUT2D eigenvalue weighted by Crippen LogP contribution is -2.27. The SMILES string of the molecule is COC(=O)C1=C(C(=O)OC)N(c2ccc(S(=O)(=O)Nc3cc(OC)ccc3OC)cc2)C=CC=C1. The largest absolute Gasteiger partial charge is 0.497 e. The number of esters is 2. The van der Waals surface area contributed by atoms with Gasteiger partial charge >= 0.3 is 11.9 Å². The Balaban J connectivity index is 1.98. The van der Waals surface area contributed by atoms with Gasteiger partial charge in [0.1, 0.15) is 17.2 Å². The summed E-state index contributed by atoms with van der Waals surface area (Å²) in [6.07, 6.45) is 6.15. The lowest BCUT2D eigenvalue weighted by atomic mass is 10.1. The Bertz CT molecular complexity index is 1310. The second-order valence-electron chi connectivity index (χ2n) is 6.98. The molecule has 11 heteroatoms. The van der Waals surface area contributed by atoms with Crippen molar-refractivity contribution in [3.63, 3.8) is 0 Å². The summed E-state index contributed by atoms with van der Waals surface area (Å²) in [6.45, 7) is 0. The molecule has 0 aliphatic carbocycles. The van der Waals surface area contributed by atoms with Crippen molar-refractivity contribution >= 4 is 33.3 Å². The van der Waals surface area contributed by atoms with E-state index in [9.17, 15) is 18.0 Å². The summed E-state index contributed by atoms with van der Waals surface area (Å²) in [5, 5.41) is 0. The van der Waals surface area contributed by atoms with Crippen LogP contribution in [0.4, 0.5) is 11.4 Å². The zero-order valence-electron chi connectivity index (χ0n) is 19.5. The highest BCUT2D eigenvalue weighted by Crippen LogP contribution is 2.32. The number of hydrogen-bond acceptors (Lipinski definition) is 9. The number of nitrogens with zero attached hydrogens (tertiary/aromatic N) is 1. The number of carbonyl (C=O) groups excluding carboxylic acids is 2. The summed E-state index contributed by atoms with van der Waals surface area (Å²) in [4.78, 5) is 26.2. The van der Waals surface area contributed by atoms with E-state index in [0.29, 0.717) is 17.2 Å². The molecule has 0 radical (unpaired) electrons. The summed E-state index contributed by atoms with van der Waals surface area (Å²) in [7, 11) is 1.28. The molecule has 184 valence electrons. The van der Waals surface area contributed by atoms with E-state index in [2.05, 4.69) is 4.72 Å². The Morgan fingerprint density at radius 1 is 0.857 bits per heavy atom. The van der Waals surface area contributed by atoms with Crippen molar-refractivity contribution in [2.45, 2.75) is 4.90 Å². The van der Waals surface area contributed by atoms with Gasteiger partial charge in [0.15, 0.2) is 0 Å². The molecule has 2 aromatic rings. The molecule has 0 saturated heterocycles. The molecule has 10 nitrogen and oxygen atoms in total. The molecule has 1 N–H and O–H groups in total. The highest BCUT2D eigenvalue weighted by Gasteiger charge is 2.28. The van der Waals surface area contributed by atoms with Crippen LogP contribution in [0.5, 0.6) is 11.5 Å². The maximum Gasteiger partial charge on any atom is 0.355 e. The van der Waals surface area contributed by atoms with Crippen LogP contribution in [0, 0.1) is 0 Å². The number of carbonyl (C=O) groups is 2. The average Bonchev–Trinajstić information content (AvgIpc) is 3.10. The first kappa shape index (κ1) is 25.4. The second-order valence-corrected chi connectivity index (χ2v) is 8.66. The van der Waals surface area contributed by atoms with Crippen LogP contribution >= 0.6 is 0 Å². The van der Waals surface area contributed by atoms with Gasteiger partial charge in [-0.05, 0) is 48.6 Å². The third-order valence-corrected chi connectivity index (χ3v) is 6.35. The molecule has 0 saturated carbocycles. The second kappa shape index (κ2) is 10.8. The number of hydrogen-bond donors (Lipinski definition) is 1. The monoisotopic (exact) mass is 500 g/mol. The van der Waals surface area contributed by atoms with Crippen molar-refractivity contribution in [3.8, 4) is 11.5 Å². The number of nitrogens with one attached hydrogen (secondary N) is 1. The maximum atomic E-state index is 13.0. The molecule has 0 amide bonds. The zero-order chi connectivity index (χ0) is 25.6. The van der Waals surface area contributed by atoms with Crippen molar-refractivity contribution < 1.29 is 37.0 Å². The summed E-state index contributed by atoms with van der Waals surface area (Å²) in [5.41, 5.74) is 0.507. The number of methoxy groups -OCH3 is 4. The molecule has 0 atom stereocenters. The molecule has 2 aromatic carbocycles. The van der Waals surface area contributed by atoms with Crippen LogP contribution in [-0.4, -0.2) is 48.8 Å². The highest BCUT2D eigenvalue weighted by molar-refractivity contribution is 7.92. The molecule has 0 bridgehead atoms. The molecule has 1 aliphatic rings. The number of sulfonamides is 1. The summed E-state index contributed by atoms with van der Waals surface area (Å²) in [6, 6.07) is 10.4. The molecular weight excluding hydrogens is 476 g/mol. The molecule has 1 aliphatic heterocycles. The Morgan fingerprint density at radius 2 is 1.54 bits per heavy atom. The Hall–Kier alpha value is -4.25. The van der Waals surface area contributed by atoms with Crippen LogP contribution in [0.2, 0.25) is 0 Å². The Labute approximate surface area is 203 Å². The minimum atomic E-state index is -4.00. The molecule has 0 fully saturated rings. The molecular formula is C24H24N2O8S. The third-order valence-electron chi connectivity index (χ3n) is 4.97. The zero-order valence-corrected chi connectivity index (χ0v) is 20.3. The number of anilines is 2. The van der Waals surface area contributed by atoms with Gasteiger partial charge in [-0.2, -0.15) is 0 Å². The van der Waals surface area contributed by atoms with E-state index in [1.165, 1.54) is 69.7 Å². The highest BCUT2D eigenvalue weighted by atomic mass is 32.2. The van der Waals surface area contributed by atoms with E-state index in [1.54, 1.807) is 30.5 Å². The molecule has 0 aromatic heterocycles. The first-order chi connectivity index (χ1) is 16.7. The van der Waals surface area contributed by atoms with Gasteiger partial charge in [0.2, 0.25) is 0 Å². The Kier molecular flexibility index (Phi) is 7.82. The van der Waals surface area contributed by atoms with Gasteiger partial charge in [0.05, 0.1) is 44.6 Å². The van der Waals surface area contributed by atoms with Gasteiger partial charge in [0.25, 0.3) is 10.0 Å². The topological polar surface area (TPSA) is 120 Å². The van der Waals surface area contributed by atoms with E-state index in [1.807, 2.05) is 0 Å². The van der Waals surface area contributed by atoms with E-state index in [-0.39, 0.29) is 21.9 Å². The number of benzene rings is 2. The van der Waals surface area contributed by atoms with Gasteiger partial charge in [0, 0.05) is 18.0 Å². The van der Waals surface area contributed by atoms with E-state index >= 15 is 0 Å². The van der Waals surface area contributed by atoms with Crippen LogP contribution in [-0.2, 0) is 29.1 Å². The smallest absolute Gasteiger partial charge is 0.355 e. The maximum absolute atomic E-state index is 13.0. The predicted molar refractivity (Wildman–Crippen MR) is 129 cm³/mol. The standard InChI is InChI=1S/C24H24N2O8S/c1-31-17-10-13-21(32-2)20(15-17)25-35(29,30)18-11-8-16(9-12-18)26-14-6-5-7-19(23(27)33-3)22(26)24(28)34-4/h5-15,25H,1-4H3. The van der Waals surface area contributed by atoms with Crippen molar-refractivity contribution in [2.75, 3.05) is 38.1 Å². The molecule has 0 unspecified atom stereocenters. The van der Waals surface area contributed by atoms with Crippen molar-refractivity contribution in [3.05, 3.63) is 78.2 Å². The van der Waals surface area contributed by atoms with Gasteiger partial charge in [-0.25, -0.2) is 18.0 Å². The van der Waals surface area contributed by atoms with Crippen LogP contribution in [0.25, 0.3) is 0 Å². The fourth-order valence-electron chi connectivity index (χ4n) is 3.25. The summed E-state index contributed by atoms with van der Waals surface area (Å²) in [5.74, 6) is -0.739. The average molecular weight is 501 g/mol. The third kappa shape index (κ3) is 5.46. The van der Waals surface area contributed by atoms with Crippen molar-refractivity contribution in [2.24, 2.45) is 0 Å². The fourth-order valence-corrected chi connectivity index (χ4v) is 4.31. The predicted octanol–water partition coefficient (Wildman–Crippen LogP) is 2.99. The molecule has 3 rings (SSSR count). The van der Waals surface area contributed by atoms with E-state index < -0.39 is 22.0 Å². The van der Waals surface area contributed by atoms with Crippen molar-refractivity contribution in [1.29, 1.82) is 0 Å². The molecule has 1 heterocycles. The number of rotatable bonds is 8. The minimum absolute atomic E-state index is 0.0205. The van der Waals surface area contributed by atoms with Gasteiger partial charge in [-0.15, -0.1) is 0 Å². The van der Waals surface area contributed by atoms with Gasteiger partial charge in [-0.1, -0.05) is 6.08 Å². The number of ether oxygens (including phenoxy) is 4. The Morgan fingerprint density at radius 3 is 2.14 bits per heavy atom. The van der Waals surface area contributed by atoms with Crippen LogP contribution in [0.1, 0.15) is 0 Å². The first-order valence-corrected chi connectivity index (χ1v) is 11.6. The first-order valence-electron chi connectivity index (χ1n) is 10.2. The normalized spacial score (nSPS) is 13.2. The lowest BCUT2D eigenvalue weighted by molar-refractivity contribution is -0.139. The van der Waals surface area contributed by atoms with Crippen LogP contribution in [0.15, 0.2) is 83.1 Å². The van der Waals surface area contributed by atoms with Crippen molar-refractivity contribution in [1.82, 2.24) is 0 Å². The fraction of sp³-hybridized carbons (Fsp3) is 0.167. The van der Waals surface area contributed by atoms with Gasteiger partial charge in [-0.3, -0.25) is 4.72 Å². The summed E-state index contributed by atoms with van der Waals surface area (Å²) >= 11 is 0. The molecule has 0 spiro atoms. The molecule has 35 heavy (non-hydrogen) atoms. The van der Waals surface area contributed by atoms with Crippen LogP contribution < -0.4 is 19.1 Å². The number of allylic oxidation sites excluding steroid dienone is 2. The van der Waals surface area contributed by atoms with E-state index in [0.717, 1.165) is 0 Å². The van der Waals surface area contributed by atoms with Crippen LogP contribution in [0.3, 0.4) is 0 Å². The van der Waals surface area contributed by atoms with Gasteiger partial charge < -0.3 is 23.8 Å². The quantitative estimate of drug-likeness (QED) is 0.545.